The normalized spacial score (nSPS) is 12.5. The molecule has 0 aromatic heterocycles. The second-order valence-electron chi connectivity index (χ2n) is 8.30. The Labute approximate surface area is 194 Å². The van der Waals surface area contributed by atoms with E-state index < -0.39 is 33.5 Å². The standard InChI is InChI=1S/C23H30N2O7S/c1-23(2,3)25-33(28,29)17-10-7-15(8-11-17)22(27)24-18(14-21(26)32-6)16-9-12-19(30-4)20(13-16)31-5/h7-13,18,25H,14H2,1-6H3,(H,24,27). The summed E-state index contributed by atoms with van der Waals surface area (Å²) in [5, 5.41) is 2.80. The molecule has 2 rings (SSSR count). The van der Waals surface area contributed by atoms with Gasteiger partial charge in [0.2, 0.25) is 10.0 Å². The predicted molar refractivity (Wildman–Crippen MR) is 123 cm³/mol. The van der Waals surface area contributed by atoms with Crippen LogP contribution < -0.4 is 19.5 Å². The molecule has 0 bridgehead atoms. The molecule has 0 aliphatic rings. The Bertz CT molecular complexity index is 1090. The second-order valence-corrected chi connectivity index (χ2v) is 9.98. The topological polar surface area (TPSA) is 120 Å². The van der Waals surface area contributed by atoms with Crippen molar-refractivity contribution in [2.45, 2.75) is 43.7 Å². The first kappa shape index (κ1) is 26.1. The van der Waals surface area contributed by atoms with Crippen LogP contribution in [-0.4, -0.2) is 47.2 Å². The highest BCUT2D eigenvalue weighted by atomic mass is 32.2. The van der Waals surface area contributed by atoms with E-state index in [0.717, 1.165) is 0 Å². The van der Waals surface area contributed by atoms with E-state index in [1.54, 1.807) is 39.0 Å². The van der Waals surface area contributed by atoms with Gasteiger partial charge in [0, 0.05) is 11.1 Å². The third kappa shape index (κ3) is 7.19. The fourth-order valence-electron chi connectivity index (χ4n) is 3.06. The highest BCUT2D eigenvalue weighted by molar-refractivity contribution is 7.89. The van der Waals surface area contributed by atoms with E-state index in [4.69, 9.17) is 14.2 Å². The van der Waals surface area contributed by atoms with Crippen molar-refractivity contribution in [3.05, 3.63) is 53.6 Å². The van der Waals surface area contributed by atoms with Crippen LogP contribution in [0.25, 0.3) is 0 Å². The van der Waals surface area contributed by atoms with Gasteiger partial charge in [0.1, 0.15) is 0 Å². The number of nitrogens with one attached hydrogen (secondary N) is 2. The Balaban J connectivity index is 2.28. The molecule has 0 saturated heterocycles. The van der Waals surface area contributed by atoms with E-state index in [0.29, 0.717) is 17.1 Å². The average molecular weight is 479 g/mol. The Hall–Kier alpha value is -3.11. The Morgan fingerprint density at radius 1 is 0.939 bits per heavy atom. The molecule has 180 valence electrons. The Morgan fingerprint density at radius 3 is 2.06 bits per heavy atom. The first-order chi connectivity index (χ1) is 15.4. The van der Waals surface area contributed by atoms with E-state index in [2.05, 4.69) is 10.0 Å². The van der Waals surface area contributed by atoms with Crippen LogP contribution in [0.3, 0.4) is 0 Å². The number of rotatable bonds is 9. The van der Waals surface area contributed by atoms with Crippen molar-refractivity contribution in [1.29, 1.82) is 0 Å². The van der Waals surface area contributed by atoms with Crippen LogP contribution in [0.2, 0.25) is 0 Å². The molecule has 9 nitrogen and oxygen atoms in total. The summed E-state index contributed by atoms with van der Waals surface area (Å²) in [4.78, 5) is 24.9. The van der Waals surface area contributed by atoms with E-state index in [1.807, 2.05) is 0 Å². The zero-order valence-electron chi connectivity index (χ0n) is 19.6. The minimum atomic E-state index is -3.73. The molecule has 2 N–H and O–H groups in total. The molecule has 0 fully saturated rings. The van der Waals surface area contributed by atoms with Gasteiger partial charge < -0.3 is 19.5 Å². The summed E-state index contributed by atoms with van der Waals surface area (Å²) in [6.45, 7) is 5.21. The van der Waals surface area contributed by atoms with Crippen molar-refractivity contribution < 1.29 is 32.2 Å². The van der Waals surface area contributed by atoms with Gasteiger partial charge in [-0.05, 0) is 62.7 Å². The summed E-state index contributed by atoms with van der Waals surface area (Å²) in [7, 11) is 0.528. The number of methoxy groups -OCH3 is 3. The molecule has 33 heavy (non-hydrogen) atoms. The molecular formula is C23H30N2O7S. The monoisotopic (exact) mass is 478 g/mol. The van der Waals surface area contributed by atoms with Crippen molar-refractivity contribution in [1.82, 2.24) is 10.0 Å². The van der Waals surface area contributed by atoms with Gasteiger partial charge in [0.05, 0.1) is 38.7 Å². The maximum absolute atomic E-state index is 12.9. The van der Waals surface area contributed by atoms with E-state index in [-0.39, 0.29) is 16.9 Å². The molecule has 0 spiro atoms. The zero-order chi connectivity index (χ0) is 24.8. The van der Waals surface area contributed by atoms with Crippen LogP contribution in [-0.2, 0) is 19.6 Å². The third-order valence-electron chi connectivity index (χ3n) is 4.58. The lowest BCUT2D eigenvalue weighted by atomic mass is 10.0. The molecular weight excluding hydrogens is 448 g/mol. The molecule has 0 aliphatic carbocycles. The molecule has 0 aliphatic heterocycles. The predicted octanol–water partition coefficient (Wildman–Crippen LogP) is 2.81. The van der Waals surface area contributed by atoms with Gasteiger partial charge >= 0.3 is 5.97 Å². The smallest absolute Gasteiger partial charge is 0.307 e. The lowest BCUT2D eigenvalue weighted by Crippen LogP contribution is -2.40. The van der Waals surface area contributed by atoms with Crippen LogP contribution in [0, 0.1) is 0 Å². The van der Waals surface area contributed by atoms with E-state index >= 15 is 0 Å². The van der Waals surface area contributed by atoms with Crippen LogP contribution in [0.1, 0.15) is 49.2 Å². The van der Waals surface area contributed by atoms with Crippen LogP contribution >= 0.6 is 0 Å². The van der Waals surface area contributed by atoms with Crippen molar-refractivity contribution in [2.75, 3.05) is 21.3 Å². The number of carbonyl (C=O) groups excluding carboxylic acids is 2. The maximum Gasteiger partial charge on any atom is 0.307 e. The quantitative estimate of drug-likeness (QED) is 0.532. The third-order valence-corrected chi connectivity index (χ3v) is 6.35. The molecule has 0 saturated carbocycles. The van der Waals surface area contributed by atoms with Crippen LogP contribution in [0.4, 0.5) is 0 Å². The molecule has 2 aromatic rings. The van der Waals surface area contributed by atoms with Gasteiger partial charge in [-0.1, -0.05) is 6.07 Å². The van der Waals surface area contributed by atoms with Gasteiger partial charge in [-0.15, -0.1) is 0 Å². The van der Waals surface area contributed by atoms with Gasteiger partial charge in [-0.2, -0.15) is 0 Å². The fourth-order valence-corrected chi connectivity index (χ4v) is 4.48. The number of carbonyl (C=O) groups is 2. The van der Waals surface area contributed by atoms with Gasteiger partial charge in [0.25, 0.3) is 5.91 Å². The minimum absolute atomic E-state index is 0.0416. The molecule has 1 amide bonds. The molecule has 10 heteroatoms. The van der Waals surface area contributed by atoms with Gasteiger partial charge in [-0.25, -0.2) is 13.1 Å². The van der Waals surface area contributed by atoms with Crippen molar-refractivity contribution in [3.63, 3.8) is 0 Å². The summed E-state index contributed by atoms with van der Waals surface area (Å²) >= 11 is 0. The highest BCUT2D eigenvalue weighted by Crippen LogP contribution is 2.31. The Kier molecular flexibility index (Phi) is 8.45. The van der Waals surface area contributed by atoms with Gasteiger partial charge in [0.15, 0.2) is 11.5 Å². The van der Waals surface area contributed by atoms with Crippen LogP contribution in [0.5, 0.6) is 11.5 Å². The molecule has 1 atom stereocenters. The summed E-state index contributed by atoms with van der Waals surface area (Å²) in [5.41, 5.74) is 0.204. The highest BCUT2D eigenvalue weighted by Gasteiger charge is 2.24. The van der Waals surface area contributed by atoms with Crippen molar-refractivity contribution >= 4 is 21.9 Å². The zero-order valence-corrected chi connectivity index (χ0v) is 20.4. The first-order valence-electron chi connectivity index (χ1n) is 10.1. The van der Waals surface area contributed by atoms with E-state index in [9.17, 15) is 18.0 Å². The summed E-state index contributed by atoms with van der Waals surface area (Å²) in [6.07, 6.45) is -0.111. The first-order valence-corrected chi connectivity index (χ1v) is 11.6. The summed E-state index contributed by atoms with van der Waals surface area (Å²) in [6, 6.07) is 9.88. The molecule has 2 aromatic carbocycles. The molecule has 1 unspecified atom stereocenters. The molecule has 0 heterocycles. The van der Waals surface area contributed by atoms with Crippen molar-refractivity contribution in [2.24, 2.45) is 0 Å². The summed E-state index contributed by atoms with van der Waals surface area (Å²) in [5.74, 6) is -0.0405. The number of benzene rings is 2. The second kappa shape index (κ2) is 10.7. The SMILES string of the molecule is COC(=O)CC(NC(=O)c1ccc(S(=O)(=O)NC(C)(C)C)cc1)c1ccc(OC)c(OC)c1. The molecule has 0 radical (unpaired) electrons. The number of esters is 1. The number of hydrogen-bond donors (Lipinski definition) is 2. The van der Waals surface area contributed by atoms with E-state index in [1.165, 1.54) is 45.6 Å². The fraction of sp³-hybridized carbons (Fsp3) is 0.391. The number of sulfonamides is 1. The average Bonchev–Trinajstić information content (AvgIpc) is 2.76. The van der Waals surface area contributed by atoms with Crippen molar-refractivity contribution in [3.8, 4) is 11.5 Å². The largest absolute Gasteiger partial charge is 0.493 e. The number of ether oxygens (including phenoxy) is 3. The summed E-state index contributed by atoms with van der Waals surface area (Å²) < 4.78 is 42.8. The number of amides is 1. The van der Waals surface area contributed by atoms with Gasteiger partial charge in [-0.3, -0.25) is 9.59 Å². The maximum atomic E-state index is 12.9. The van der Waals surface area contributed by atoms with Crippen LogP contribution in [0.15, 0.2) is 47.4 Å². The minimum Gasteiger partial charge on any atom is -0.493 e. The lowest BCUT2D eigenvalue weighted by molar-refractivity contribution is -0.141. The number of hydrogen-bond acceptors (Lipinski definition) is 7. The Morgan fingerprint density at radius 2 is 1.55 bits per heavy atom. The lowest BCUT2D eigenvalue weighted by Gasteiger charge is -2.21.